The van der Waals surface area contributed by atoms with Gasteiger partial charge in [-0.15, -0.1) is 0 Å². The molecule has 0 spiro atoms. The average Bonchev–Trinajstić information content (AvgIpc) is 2.73. The standard InChI is InChI=1S/C12H10ClN5O/c1-7-14-8-5-3-4-6-9(8)18(7)11-15-10(13)16-12(17-11)19-2/h3-6H,1-2H3. The summed E-state index contributed by atoms with van der Waals surface area (Å²) in [6.07, 6.45) is 0. The molecule has 1 aromatic carbocycles. The molecular weight excluding hydrogens is 266 g/mol. The van der Waals surface area contributed by atoms with E-state index >= 15 is 0 Å². The number of ether oxygens (including phenoxy) is 1. The quantitative estimate of drug-likeness (QED) is 0.717. The van der Waals surface area contributed by atoms with E-state index in [9.17, 15) is 0 Å². The van der Waals surface area contributed by atoms with Gasteiger partial charge in [0.15, 0.2) is 0 Å². The summed E-state index contributed by atoms with van der Waals surface area (Å²) in [7, 11) is 1.48. The number of rotatable bonds is 2. The van der Waals surface area contributed by atoms with Crippen LogP contribution in [0.15, 0.2) is 24.3 Å². The van der Waals surface area contributed by atoms with E-state index in [1.165, 1.54) is 7.11 Å². The molecule has 0 atom stereocenters. The number of para-hydroxylation sites is 2. The minimum Gasteiger partial charge on any atom is -0.467 e. The molecule has 3 rings (SSSR count). The van der Waals surface area contributed by atoms with Crippen molar-refractivity contribution in [1.82, 2.24) is 24.5 Å². The summed E-state index contributed by atoms with van der Waals surface area (Å²) in [6, 6.07) is 7.91. The highest BCUT2D eigenvalue weighted by atomic mass is 35.5. The fraction of sp³-hybridized carbons (Fsp3) is 0.167. The van der Waals surface area contributed by atoms with Crippen LogP contribution in [0.3, 0.4) is 0 Å². The highest BCUT2D eigenvalue weighted by Gasteiger charge is 2.13. The second-order valence-corrected chi connectivity index (χ2v) is 4.21. The minimum atomic E-state index is 0.0824. The Bertz CT molecular complexity index is 755. The van der Waals surface area contributed by atoms with Gasteiger partial charge in [-0.05, 0) is 30.7 Å². The summed E-state index contributed by atoms with van der Waals surface area (Å²) in [5.41, 5.74) is 1.78. The lowest BCUT2D eigenvalue weighted by molar-refractivity contribution is 0.377. The molecule has 0 saturated heterocycles. The second kappa shape index (κ2) is 4.47. The van der Waals surface area contributed by atoms with Crippen LogP contribution in [0.4, 0.5) is 0 Å². The first kappa shape index (κ1) is 11.9. The van der Waals surface area contributed by atoms with Gasteiger partial charge in [0, 0.05) is 0 Å². The van der Waals surface area contributed by atoms with Gasteiger partial charge in [0.25, 0.3) is 0 Å². The van der Waals surface area contributed by atoms with Crippen LogP contribution >= 0.6 is 11.6 Å². The van der Waals surface area contributed by atoms with E-state index in [-0.39, 0.29) is 11.3 Å². The molecule has 96 valence electrons. The predicted octanol–water partition coefficient (Wildman–Crippen LogP) is 2.18. The largest absolute Gasteiger partial charge is 0.467 e. The van der Waals surface area contributed by atoms with Crippen LogP contribution in [-0.4, -0.2) is 31.6 Å². The van der Waals surface area contributed by atoms with E-state index in [4.69, 9.17) is 16.3 Å². The van der Waals surface area contributed by atoms with E-state index in [0.717, 1.165) is 16.9 Å². The molecule has 0 aliphatic rings. The van der Waals surface area contributed by atoms with E-state index in [1.807, 2.05) is 35.8 Å². The topological polar surface area (TPSA) is 65.7 Å². The van der Waals surface area contributed by atoms with Gasteiger partial charge in [0.2, 0.25) is 11.2 Å². The molecule has 0 unspecified atom stereocenters. The van der Waals surface area contributed by atoms with Crippen molar-refractivity contribution in [3.05, 3.63) is 35.4 Å². The van der Waals surface area contributed by atoms with Crippen molar-refractivity contribution in [3.8, 4) is 12.0 Å². The van der Waals surface area contributed by atoms with Gasteiger partial charge < -0.3 is 4.74 Å². The Morgan fingerprint density at radius 3 is 2.68 bits per heavy atom. The fourth-order valence-electron chi connectivity index (χ4n) is 1.91. The molecule has 0 amide bonds. The Hall–Kier alpha value is -2.21. The lowest BCUT2D eigenvalue weighted by Gasteiger charge is -2.06. The number of hydrogen-bond acceptors (Lipinski definition) is 5. The van der Waals surface area contributed by atoms with Gasteiger partial charge >= 0.3 is 6.01 Å². The van der Waals surface area contributed by atoms with Crippen LogP contribution in [0.2, 0.25) is 5.28 Å². The molecule has 3 aromatic rings. The van der Waals surface area contributed by atoms with Crippen molar-refractivity contribution in [1.29, 1.82) is 0 Å². The number of methoxy groups -OCH3 is 1. The maximum absolute atomic E-state index is 5.87. The second-order valence-electron chi connectivity index (χ2n) is 3.87. The third-order valence-electron chi connectivity index (χ3n) is 2.69. The molecule has 0 aliphatic heterocycles. The first-order valence-corrected chi connectivity index (χ1v) is 5.97. The normalized spacial score (nSPS) is 10.9. The molecule has 7 heteroatoms. The zero-order valence-corrected chi connectivity index (χ0v) is 11.1. The molecule has 6 nitrogen and oxygen atoms in total. The van der Waals surface area contributed by atoms with Gasteiger partial charge in [-0.3, -0.25) is 4.57 Å². The van der Waals surface area contributed by atoms with E-state index in [0.29, 0.717) is 5.95 Å². The van der Waals surface area contributed by atoms with Crippen molar-refractivity contribution in [2.75, 3.05) is 7.11 Å². The van der Waals surface area contributed by atoms with Gasteiger partial charge in [-0.25, -0.2) is 4.98 Å². The number of aromatic nitrogens is 5. The summed E-state index contributed by atoms with van der Waals surface area (Å²) in [5.74, 6) is 1.16. The number of benzene rings is 1. The molecule has 0 fully saturated rings. The summed E-state index contributed by atoms with van der Waals surface area (Å²) in [6.45, 7) is 1.88. The zero-order chi connectivity index (χ0) is 13.4. The predicted molar refractivity (Wildman–Crippen MR) is 70.8 cm³/mol. The maximum atomic E-state index is 5.87. The number of halogens is 1. The van der Waals surface area contributed by atoms with Crippen molar-refractivity contribution in [2.24, 2.45) is 0 Å². The third-order valence-corrected chi connectivity index (χ3v) is 2.86. The molecule has 0 N–H and O–H groups in total. The van der Waals surface area contributed by atoms with Gasteiger partial charge in [0.05, 0.1) is 18.1 Å². The average molecular weight is 276 g/mol. The van der Waals surface area contributed by atoms with E-state index < -0.39 is 0 Å². The highest BCUT2D eigenvalue weighted by molar-refractivity contribution is 6.28. The summed E-state index contributed by atoms with van der Waals surface area (Å²) in [4.78, 5) is 16.6. The van der Waals surface area contributed by atoms with Crippen LogP contribution in [0.5, 0.6) is 6.01 Å². The summed E-state index contributed by atoms with van der Waals surface area (Å²) < 4.78 is 6.82. The van der Waals surface area contributed by atoms with Crippen LogP contribution in [-0.2, 0) is 0 Å². The van der Waals surface area contributed by atoms with Gasteiger partial charge in [-0.1, -0.05) is 12.1 Å². The molecule has 0 radical (unpaired) electrons. The fourth-order valence-corrected chi connectivity index (χ4v) is 2.06. The minimum absolute atomic E-state index is 0.0824. The number of fused-ring (bicyclic) bond motifs is 1. The number of aryl methyl sites for hydroxylation is 1. The molecule has 19 heavy (non-hydrogen) atoms. The lowest BCUT2D eigenvalue weighted by atomic mass is 10.3. The van der Waals surface area contributed by atoms with Crippen molar-refractivity contribution in [2.45, 2.75) is 6.92 Å². The van der Waals surface area contributed by atoms with Crippen LogP contribution < -0.4 is 4.74 Å². The van der Waals surface area contributed by atoms with Crippen molar-refractivity contribution >= 4 is 22.6 Å². The van der Waals surface area contributed by atoms with Crippen molar-refractivity contribution in [3.63, 3.8) is 0 Å². The van der Waals surface area contributed by atoms with Crippen LogP contribution in [0, 0.1) is 6.92 Å². The van der Waals surface area contributed by atoms with E-state index in [1.54, 1.807) is 0 Å². The van der Waals surface area contributed by atoms with Crippen molar-refractivity contribution < 1.29 is 4.74 Å². The maximum Gasteiger partial charge on any atom is 0.322 e. The summed E-state index contributed by atoms with van der Waals surface area (Å²) >= 11 is 5.87. The van der Waals surface area contributed by atoms with E-state index in [2.05, 4.69) is 19.9 Å². The SMILES string of the molecule is COc1nc(Cl)nc(-n2c(C)nc3ccccc32)n1. The Kier molecular flexibility index (Phi) is 2.79. The molecule has 2 aromatic heterocycles. The zero-order valence-electron chi connectivity index (χ0n) is 10.3. The van der Waals surface area contributed by atoms with Gasteiger partial charge in [0.1, 0.15) is 5.82 Å². The number of hydrogen-bond donors (Lipinski definition) is 0. The first-order valence-electron chi connectivity index (χ1n) is 5.59. The Morgan fingerprint density at radius 1 is 1.11 bits per heavy atom. The highest BCUT2D eigenvalue weighted by Crippen LogP contribution is 2.20. The Labute approximate surface area is 114 Å². The lowest BCUT2D eigenvalue weighted by Crippen LogP contribution is -2.06. The Balaban J connectivity index is 2.29. The molecule has 0 aliphatic carbocycles. The molecule has 0 bridgehead atoms. The summed E-state index contributed by atoms with van der Waals surface area (Å²) in [5, 5.41) is 0.0824. The molecular formula is C12H10ClN5O. The molecule has 0 saturated carbocycles. The number of imidazole rings is 1. The Morgan fingerprint density at radius 2 is 1.89 bits per heavy atom. The first-order chi connectivity index (χ1) is 9.19. The molecule has 2 heterocycles. The number of nitrogens with zero attached hydrogens (tertiary/aromatic N) is 5. The smallest absolute Gasteiger partial charge is 0.322 e. The van der Waals surface area contributed by atoms with Crippen LogP contribution in [0.25, 0.3) is 17.0 Å². The monoisotopic (exact) mass is 275 g/mol. The van der Waals surface area contributed by atoms with Gasteiger partial charge in [-0.2, -0.15) is 15.0 Å². The third kappa shape index (κ3) is 2.00. The van der Waals surface area contributed by atoms with Crippen LogP contribution in [0.1, 0.15) is 5.82 Å².